The van der Waals surface area contributed by atoms with Gasteiger partial charge in [0.05, 0.1) is 11.5 Å². The highest BCUT2D eigenvalue weighted by molar-refractivity contribution is 7.89. The fourth-order valence-corrected chi connectivity index (χ4v) is 3.58. The van der Waals surface area contributed by atoms with E-state index in [1.807, 2.05) is 19.9 Å². The summed E-state index contributed by atoms with van der Waals surface area (Å²) in [6.45, 7) is 3.48. The molecule has 2 N–H and O–H groups in total. The van der Waals surface area contributed by atoms with Crippen molar-refractivity contribution in [1.82, 2.24) is 9.71 Å². The van der Waals surface area contributed by atoms with Crippen molar-refractivity contribution in [1.29, 1.82) is 0 Å². The minimum atomic E-state index is -3.68. The molecule has 0 aliphatic heterocycles. The predicted molar refractivity (Wildman–Crippen MR) is 77.8 cm³/mol. The Morgan fingerprint density at radius 3 is 2.70 bits per heavy atom. The van der Waals surface area contributed by atoms with Crippen molar-refractivity contribution < 1.29 is 13.5 Å². The zero-order chi connectivity index (χ0) is 14.8. The molecule has 2 rings (SSSR count). The van der Waals surface area contributed by atoms with Crippen LogP contribution >= 0.6 is 0 Å². The molecule has 0 aliphatic carbocycles. The van der Waals surface area contributed by atoms with Crippen LogP contribution in [0.25, 0.3) is 10.8 Å². The molecule has 20 heavy (non-hydrogen) atoms. The SMILES string of the molecule is CC(C)C(CO)NS(=O)(=O)c1cccc2cnccc12. The van der Waals surface area contributed by atoms with Crippen LogP contribution in [0.15, 0.2) is 41.6 Å². The third-order valence-corrected chi connectivity index (χ3v) is 4.79. The van der Waals surface area contributed by atoms with Crippen LogP contribution in [0.3, 0.4) is 0 Å². The first kappa shape index (κ1) is 14.9. The van der Waals surface area contributed by atoms with Crippen LogP contribution < -0.4 is 4.72 Å². The highest BCUT2D eigenvalue weighted by Gasteiger charge is 2.23. The van der Waals surface area contributed by atoms with E-state index in [9.17, 15) is 13.5 Å². The summed E-state index contributed by atoms with van der Waals surface area (Å²) < 4.78 is 27.5. The first-order valence-corrected chi connectivity index (χ1v) is 7.90. The number of aromatic nitrogens is 1. The van der Waals surface area contributed by atoms with Crippen molar-refractivity contribution in [3.05, 3.63) is 36.7 Å². The Labute approximate surface area is 118 Å². The van der Waals surface area contributed by atoms with E-state index < -0.39 is 16.1 Å². The van der Waals surface area contributed by atoms with Crippen LogP contribution in [-0.4, -0.2) is 31.2 Å². The van der Waals surface area contributed by atoms with Crippen molar-refractivity contribution >= 4 is 20.8 Å². The molecule has 0 saturated carbocycles. The van der Waals surface area contributed by atoms with Crippen LogP contribution in [0, 0.1) is 5.92 Å². The lowest BCUT2D eigenvalue weighted by molar-refractivity contribution is 0.228. The first-order valence-electron chi connectivity index (χ1n) is 6.41. The van der Waals surface area contributed by atoms with Gasteiger partial charge in [0.25, 0.3) is 0 Å². The van der Waals surface area contributed by atoms with Gasteiger partial charge in [-0.15, -0.1) is 0 Å². The number of hydrogen-bond acceptors (Lipinski definition) is 4. The van der Waals surface area contributed by atoms with E-state index in [0.717, 1.165) is 5.39 Å². The summed E-state index contributed by atoms with van der Waals surface area (Å²) in [5, 5.41) is 10.7. The molecule has 1 heterocycles. The summed E-state index contributed by atoms with van der Waals surface area (Å²) in [5.41, 5.74) is 0. The van der Waals surface area contributed by atoms with Gasteiger partial charge in [0.15, 0.2) is 0 Å². The smallest absolute Gasteiger partial charge is 0.241 e. The average molecular weight is 294 g/mol. The van der Waals surface area contributed by atoms with Gasteiger partial charge in [0, 0.05) is 29.2 Å². The minimum Gasteiger partial charge on any atom is -0.395 e. The van der Waals surface area contributed by atoms with Gasteiger partial charge in [-0.3, -0.25) is 4.98 Å². The molecule has 6 heteroatoms. The molecule has 5 nitrogen and oxygen atoms in total. The van der Waals surface area contributed by atoms with Crippen molar-refractivity contribution in [3.8, 4) is 0 Å². The molecule has 1 unspecified atom stereocenters. The first-order chi connectivity index (χ1) is 9.45. The maximum atomic E-state index is 12.5. The Bertz CT molecular complexity index is 693. The van der Waals surface area contributed by atoms with E-state index in [1.165, 1.54) is 0 Å². The van der Waals surface area contributed by atoms with Crippen LogP contribution in [-0.2, 0) is 10.0 Å². The second-order valence-corrected chi connectivity index (χ2v) is 6.69. The van der Waals surface area contributed by atoms with Crippen molar-refractivity contribution in [2.75, 3.05) is 6.61 Å². The van der Waals surface area contributed by atoms with Crippen LogP contribution in [0.5, 0.6) is 0 Å². The molecule has 108 valence electrons. The summed E-state index contributed by atoms with van der Waals surface area (Å²) in [6.07, 6.45) is 3.19. The average Bonchev–Trinajstić information content (AvgIpc) is 2.43. The zero-order valence-corrected chi connectivity index (χ0v) is 12.3. The van der Waals surface area contributed by atoms with E-state index in [2.05, 4.69) is 9.71 Å². The van der Waals surface area contributed by atoms with Gasteiger partial charge in [-0.25, -0.2) is 13.1 Å². The summed E-state index contributed by atoms with van der Waals surface area (Å²) >= 11 is 0. The number of rotatable bonds is 5. The molecular weight excluding hydrogens is 276 g/mol. The third-order valence-electron chi connectivity index (χ3n) is 3.24. The van der Waals surface area contributed by atoms with Gasteiger partial charge >= 0.3 is 0 Å². The lowest BCUT2D eigenvalue weighted by Gasteiger charge is -2.20. The lowest BCUT2D eigenvalue weighted by Crippen LogP contribution is -2.41. The molecule has 0 spiro atoms. The quantitative estimate of drug-likeness (QED) is 0.876. The van der Waals surface area contributed by atoms with Gasteiger partial charge < -0.3 is 5.11 Å². The Kier molecular flexibility index (Phi) is 4.37. The molecule has 0 fully saturated rings. The maximum Gasteiger partial charge on any atom is 0.241 e. The second-order valence-electron chi connectivity index (χ2n) is 5.01. The number of hydrogen-bond donors (Lipinski definition) is 2. The van der Waals surface area contributed by atoms with E-state index >= 15 is 0 Å². The number of sulfonamides is 1. The van der Waals surface area contributed by atoms with E-state index in [4.69, 9.17) is 0 Å². The number of aliphatic hydroxyl groups is 1. The van der Waals surface area contributed by atoms with Crippen molar-refractivity contribution in [3.63, 3.8) is 0 Å². The summed E-state index contributed by atoms with van der Waals surface area (Å²) in [4.78, 5) is 4.19. The van der Waals surface area contributed by atoms with Gasteiger partial charge in [-0.2, -0.15) is 0 Å². The number of aliphatic hydroxyl groups excluding tert-OH is 1. The van der Waals surface area contributed by atoms with Crippen molar-refractivity contribution in [2.45, 2.75) is 24.8 Å². The standard InChI is InChI=1S/C14H18N2O3S/c1-10(2)13(9-17)16-20(18,19)14-5-3-4-11-8-15-7-6-12(11)14/h3-8,10,13,16-17H,9H2,1-2H3. The van der Waals surface area contributed by atoms with Gasteiger partial charge in [0.1, 0.15) is 0 Å². The number of pyridine rings is 1. The molecular formula is C14H18N2O3S. The molecule has 0 bridgehead atoms. The Hall–Kier alpha value is -1.50. The monoisotopic (exact) mass is 294 g/mol. The van der Waals surface area contributed by atoms with Gasteiger partial charge in [-0.05, 0) is 18.1 Å². The third kappa shape index (κ3) is 2.98. The topological polar surface area (TPSA) is 79.3 Å². The largest absolute Gasteiger partial charge is 0.395 e. The van der Waals surface area contributed by atoms with E-state index in [-0.39, 0.29) is 17.4 Å². The highest BCUT2D eigenvalue weighted by atomic mass is 32.2. The molecule has 2 aromatic rings. The van der Waals surface area contributed by atoms with E-state index in [0.29, 0.717) is 5.39 Å². The summed E-state index contributed by atoms with van der Waals surface area (Å²) in [7, 11) is -3.68. The number of fused-ring (bicyclic) bond motifs is 1. The Morgan fingerprint density at radius 1 is 1.30 bits per heavy atom. The Morgan fingerprint density at radius 2 is 2.05 bits per heavy atom. The minimum absolute atomic E-state index is 0.00594. The van der Waals surface area contributed by atoms with Gasteiger partial charge in [-0.1, -0.05) is 26.0 Å². The molecule has 1 aromatic heterocycles. The molecule has 0 saturated heterocycles. The predicted octanol–water partition coefficient (Wildman–Crippen LogP) is 1.53. The normalized spacial score (nSPS) is 13.8. The molecule has 0 amide bonds. The second kappa shape index (κ2) is 5.87. The van der Waals surface area contributed by atoms with Crippen LogP contribution in [0.1, 0.15) is 13.8 Å². The maximum absolute atomic E-state index is 12.5. The van der Waals surface area contributed by atoms with Crippen molar-refractivity contribution in [2.24, 2.45) is 5.92 Å². The number of nitrogens with one attached hydrogen (secondary N) is 1. The molecule has 0 aliphatic rings. The number of nitrogens with zero attached hydrogens (tertiary/aromatic N) is 1. The lowest BCUT2D eigenvalue weighted by atomic mass is 10.1. The zero-order valence-electron chi connectivity index (χ0n) is 11.4. The fourth-order valence-electron chi connectivity index (χ4n) is 1.97. The van der Waals surface area contributed by atoms with Crippen LogP contribution in [0.4, 0.5) is 0 Å². The number of benzene rings is 1. The van der Waals surface area contributed by atoms with Gasteiger partial charge in [0.2, 0.25) is 10.0 Å². The molecule has 1 aromatic carbocycles. The Balaban J connectivity index is 2.47. The molecule has 1 atom stereocenters. The summed E-state index contributed by atoms with van der Waals surface area (Å²) in [5.74, 6) is 0.00594. The molecule has 0 radical (unpaired) electrons. The van der Waals surface area contributed by atoms with E-state index in [1.54, 1.807) is 30.6 Å². The highest BCUT2D eigenvalue weighted by Crippen LogP contribution is 2.22. The summed E-state index contributed by atoms with van der Waals surface area (Å²) in [6, 6.07) is 6.22. The fraction of sp³-hybridized carbons (Fsp3) is 0.357. The van der Waals surface area contributed by atoms with Crippen LogP contribution in [0.2, 0.25) is 0 Å².